The molecule has 0 bridgehead atoms. The molecule has 0 saturated carbocycles. The van der Waals surface area contributed by atoms with Crippen molar-refractivity contribution in [1.82, 2.24) is 4.90 Å². The summed E-state index contributed by atoms with van der Waals surface area (Å²) in [7, 11) is 0. The Morgan fingerprint density at radius 3 is 2.50 bits per heavy atom. The largest absolute Gasteiger partial charge is 0.481 e. The Kier molecular flexibility index (Phi) is 3.61. The number of rotatable bonds is 3. The zero-order valence-electron chi connectivity index (χ0n) is 10.5. The lowest BCUT2D eigenvalue weighted by Crippen LogP contribution is -2.35. The normalized spacial score (nSPS) is 23.6. The Labute approximate surface area is 96.6 Å². The van der Waals surface area contributed by atoms with Gasteiger partial charge in [0.15, 0.2) is 0 Å². The van der Waals surface area contributed by atoms with E-state index in [9.17, 15) is 9.59 Å². The molecule has 1 N–H and O–H groups in total. The van der Waals surface area contributed by atoms with Crippen LogP contribution in [0, 0.1) is 17.3 Å². The zero-order chi connectivity index (χ0) is 12.5. The number of likely N-dealkylation sites (tertiary alicyclic amines) is 1. The van der Waals surface area contributed by atoms with Crippen molar-refractivity contribution >= 4 is 11.9 Å². The van der Waals surface area contributed by atoms with E-state index in [4.69, 9.17) is 5.11 Å². The van der Waals surface area contributed by atoms with Gasteiger partial charge >= 0.3 is 5.97 Å². The van der Waals surface area contributed by atoms with Crippen molar-refractivity contribution in [2.75, 3.05) is 13.1 Å². The molecule has 1 fully saturated rings. The van der Waals surface area contributed by atoms with Gasteiger partial charge < -0.3 is 10.0 Å². The predicted octanol–water partition coefficient (Wildman–Crippen LogP) is 1.60. The standard InChI is InChI=1S/C12H21NO3/c1-8(12(2,3)4)6-13-7-9(11(15)16)5-10(13)14/h8-9H,5-7H2,1-4H3,(H,15,16). The molecule has 92 valence electrons. The molecule has 0 aliphatic carbocycles. The fraction of sp³-hybridized carbons (Fsp3) is 0.833. The fourth-order valence-electron chi connectivity index (χ4n) is 1.72. The van der Waals surface area contributed by atoms with Crippen molar-refractivity contribution < 1.29 is 14.7 Å². The van der Waals surface area contributed by atoms with E-state index < -0.39 is 11.9 Å². The minimum absolute atomic E-state index is 0.0245. The van der Waals surface area contributed by atoms with E-state index in [1.54, 1.807) is 4.90 Å². The first-order valence-electron chi connectivity index (χ1n) is 5.72. The third kappa shape index (κ3) is 2.97. The molecule has 2 unspecified atom stereocenters. The van der Waals surface area contributed by atoms with Gasteiger partial charge in [0, 0.05) is 19.5 Å². The second kappa shape index (κ2) is 4.44. The van der Waals surface area contributed by atoms with Gasteiger partial charge in [0.25, 0.3) is 0 Å². The number of hydrogen-bond donors (Lipinski definition) is 1. The summed E-state index contributed by atoms with van der Waals surface area (Å²) in [6.45, 7) is 9.52. The fourth-order valence-corrected chi connectivity index (χ4v) is 1.72. The van der Waals surface area contributed by atoms with Crippen molar-refractivity contribution in [2.45, 2.75) is 34.1 Å². The summed E-state index contributed by atoms with van der Waals surface area (Å²) in [6, 6.07) is 0. The molecule has 0 radical (unpaired) electrons. The molecule has 1 rings (SSSR count). The van der Waals surface area contributed by atoms with Gasteiger partial charge in [-0.15, -0.1) is 0 Å². The van der Waals surface area contributed by atoms with Crippen LogP contribution in [0.15, 0.2) is 0 Å². The molecule has 1 amide bonds. The van der Waals surface area contributed by atoms with Crippen LogP contribution in [-0.2, 0) is 9.59 Å². The molecule has 2 atom stereocenters. The smallest absolute Gasteiger partial charge is 0.308 e. The number of hydrogen-bond acceptors (Lipinski definition) is 2. The van der Waals surface area contributed by atoms with Crippen molar-refractivity contribution in [3.8, 4) is 0 Å². The van der Waals surface area contributed by atoms with Crippen molar-refractivity contribution in [3.05, 3.63) is 0 Å². The number of carbonyl (C=O) groups excluding carboxylic acids is 1. The van der Waals surface area contributed by atoms with Crippen LogP contribution in [-0.4, -0.2) is 35.0 Å². The quantitative estimate of drug-likeness (QED) is 0.796. The summed E-state index contributed by atoms with van der Waals surface area (Å²) >= 11 is 0. The van der Waals surface area contributed by atoms with Gasteiger partial charge in [0.05, 0.1) is 5.92 Å². The highest BCUT2D eigenvalue weighted by Crippen LogP contribution is 2.28. The minimum Gasteiger partial charge on any atom is -0.481 e. The first-order chi connectivity index (χ1) is 7.21. The number of amides is 1. The lowest BCUT2D eigenvalue weighted by Gasteiger charge is -2.31. The first kappa shape index (κ1) is 13.0. The highest BCUT2D eigenvalue weighted by Gasteiger charge is 2.36. The van der Waals surface area contributed by atoms with Crippen LogP contribution in [0.1, 0.15) is 34.1 Å². The number of aliphatic carboxylic acids is 1. The topological polar surface area (TPSA) is 57.6 Å². The van der Waals surface area contributed by atoms with Crippen LogP contribution < -0.4 is 0 Å². The third-order valence-electron chi connectivity index (χ3n) is 3.54. The van der Waals surface area contributed by atoms with E-state index in [0.717, 1.165) is 0 Å². The third-order valence-corrected chi connectivity index (χ3v) is 3.54. The highest BCUT2D eigenvalue weighted by molar-refractivity contribution is 5.86. The Bertz CT molecular complexity index is 293. The molecule has 1 heterocycles. The monoisotopic (exact) mass is 227 g/mol. The molecule has 1 aliphatic heterocycles. The van der Waals surface area contributed by atoms with Crippen LogP contribution in [0.5, 0.6) is 0 Å². The van der Waals surface area contributed by atoms with Crippen molar-refractivity contribution in [1.29, 1.82) is 0 Å². The lowest BCUT2D eigenvalue weighted by atomic mass is 9.82. The molecule has 4 nitrogen and oxygen atoms in total. The lowest BCUT2D eigenvalue weighted by molar-refractivity contribution is -0.141. The maximum absolute atomic E-state index is 11.6. The van der Waals surface area contributed by atoms with Gasteiger partial charge in [-0.1, -0.05) is 27.7 Å². The molecule has 0 aromatic rings. The van der Waals surface area contributed by atoms with E-state index in [2.05, 4.69) is 27.7 Å². The van der Waals surface area contributed by atoms with Gasteiger partial charge in [-0.2, -0.15) is 0 Å². The summed E-state index contributed by atoms with van der Waals surface area (Å²) in [5, 5.41) is 8.86. The molecule has 1 aliphatic rings. The maximum atomic E-state index is 11.6. The number of carboxylic acid groups (broad SMARTS) is 1. The Morgan fingerprint density at radius 2 is 2.12 bits per heavy atom. The molecule has 0 spiro atoms. The molecular weight excluding hydrogens is 206 g/mol. The summed E-state index contributed by atoms with van der Waals surface area (Å²) in [4.78, 5) is 24.1. The summed E-state index contributed by atoms with van der Waals surface area (Å²) < 4.78 is 0. The molecule has 1 saturated heterocycles. The predicted molar refractivity (Wildman–Crippen MR) is 60.9 cm³/mol. The average molecular weight is 227 g/mol. The zero-order valence-corrected chi connectivity index (χ0v) is 10.5. The second-order valence-electron chi connectivity index (χ2n) is 5.81. The van der Waals surface area contributed by atoms with Crippen molar-refractivity contribution in [3.63, 3.8) is 0 Å². The number of nitrogens with zero attached hydrogens (tertiary/aromatic N) is 1. The average Bonchev–Trinajstić information content (AvgIpc) is 2.46. The van der Waals surface area contributed by atoms with E-state index in [1.807, 2.05) is 0 Å². The van der Waals surface area contributed by atoms with Gasteiger partial charge in [-0.3, -0.25) is 9.59 Å². The highest BCUT2D eigenvalue weighted by atomic mass is 16.4. The Balaban J connectivity index is 2.57. The molecule has 0 aromatic heterocycles. The van der Waals surface area contributed by atoms with Gasteiger partial charge in [0.2, 0.25) is 5.91 Å². The Hall–Kier alpha value is -1.06. The SMILES string of the molecule is CC(CN1CC(C(=O)O)CC1=O)C(C)(C)C. The number of carboxylic acids is 1. The molecular formula is C12H21NO3. The van der Waals surface area contributed by atoms with E-state index in [-0.39, 0.29) is 17.7 Å². The summed E-state index contributed by atoms with van der Waals surface area (Å²) in [5.74, 6) is -1.04. The van der Waals surface area contributed by atoms with Gasteiger partial charge in [-0.25, -0.2) is 0 Å². The number of carbonyl (C=O) groups is 2. The van der Waals surface area contributed by atoms with Crippen LogP contribution in [0.3, 0.4) is 0 Å². The van der Waals surface area contributed by atoms with Crippen LogP contribution in [0.2, 0.25) is 0 Å². The molecule has 0 aromatic carbocycles. The Morgan fingerprint density at radius 1 is 1.56 bits per heavy atom. The van der Waals surface area contributed by atoms with E-state index >= 15 is 0 Å². The minimum atomic E-state index is -0.862. The molecule has 16 heavy (non-hydrogen) atoms. The second-order valence-corrected chi connectivity index (χ2v) is 5.81. The summed E-state index contributed by atoms with van der Waals surface area (Å²) in [5.41, 5.74) is 0.140. The maximum Gasteiger partial charge on any atom is 0.308 e. The van der Waals surface area contributed by atoms with Crippen LogP contribution in [0.25, 0.3) is 0 Å². The van der Waals surface area contributed by atoms with E-state index in [0.29, 0.717) is 19.0 Å². The first-order valence-corrected chi connectivity index (χ1v) is 5.72. The van der Waals surface area contributed by atoms with Crippen molar-refractivity contribution in [2.24, 2.45) is 17.3 Å². The van der Waals surface area contributed by atoms with Crippen LogP contribution in [0.4, 0.5) is 0 Å². The van der Waals surface area contributed by atoms with Gasteiger partial charge in [-0.05, 0) is 11.3 Å². The summed E-state index contributed by atoms with van der Waals surface area (Å²) in [6.07, 6.45) is 0.159. The van der Waals surface area contributed by atoms with Gasteiger partial charge in [0.1, 0.15) is 0 Å². The van der Waals surface area contributed by atoms with Crippen LogP contribution >= 0.6 is 0 Å². The molecule has 4 heteroatoms. The van der Waals surface area contributed by atoms with E-state index in [1.165, 1.54) is 0 Å².